The first kappa shape index (κ1) is 13.2. The first-order valence-electron chi connectivity index (χ1n) is 6.34. The molecule has 0 saturated heterocycles. The van der Waals surface area contributed by atoms with Crippen LogP contribution in [0.4, 0.5) is 0 Å². The van der Waals surface area contributed by atoms with E-state index in [1.54, 1.807) is 0 Å². The van der Waals surface area contributed by atoms with E-state index >= 15 is 0 Å². The van der Waals surface area contributed by atoms with Crippen molar-refractivity contribution >= 4 is 0 Å². The zero-order chi connectivity index (χ0) is 13.2. The Hall–Kier alpha value is -1.26. The zero-order valence-electron chi connectivity index (χ0n) is 11.2. The molecule has 0 aromatic heterocycles. The summed E-state index contributed by atoms with van der Waals surface area (Å²) in [7, 11) is 0. The fourth-order valence-electron chi connectivity index (χ4n) is 1.74. The molecule has 2 rings (SSSR count). The van der Waals surface area contributed by atoms with Gasteiger partial charge in [-0.1, -0.05) is 13.0 Å². The highest BCUT2D eigenvalue weighted by atomic mass is 16.7. The molecule has 1 atom stereocenters. The minimum atomic E-state index is -0.537. The number of nitrogens with one attached hydrogen (secondary N) is 1. The van der Waals surface area contributed by atoms with E-state index in [1.807, 2.05) is 18.2 Å². The van der Waals surface area contributed by atoms with Gasteiger partial charge in [0.2, 0.25) is 6.79 Å². The lowest BCUT2D eigenvalue weighted by Gasteiger charge is -2.26. The summed E-state index contributed by atoms with van der Waals surface area (Å²) in [5, 5.41) is 13.5. The lowest BCUT2D eigenvalue weighted by Crippen LogP contribution is -2.40. The number of aliphatic hydroxyl groups is 1. The summed E-state index contributed by atoms with van der Waals surface area (Å²) in [5.41, 5.74) is 0.885. The predicted molar refractivity (Wildman–Crippen MR) is 69.9 cm³/mol. The highest BCUT2D eigenvalue weighted by Crippen LogP contribution is 2.34. The van der Waals surface area contributed by atoms with Gasteiger partial charge in [0.25, 0.3) is 0 Å². The van der Waals surface area contributed by atoms with Crippen molar-refractivity contribution in [1.29, 1.82) is 0 Å². The van der Waals surface area contributed by atoms with E-state index in [1.165, 1.54) is 0 Å². The van der Waals surface area contributed by atoms with E-state index in [0.717, 1.165) is 17.7 Å². The van der Waals surface area contributed by atoms with E-state index < -0.39 is 6.10 Å². The van der Waals surface area contributed by atoms with Gasteiger partial charge in [0.1, 0.15) is 0 Å². The number of rotatable bonds is 5. The summed E-state index contributed by atoms with van der Waals surface area (Å²) in [6.07, 6.45) is 0.478. The monoisotopic (exact) mass is 251 g/mol. The van der Waals surface area contributed by atoms with Crippen molar-refractivity contribution in [3.05, 3.63) is 23.8 Å². The second-order valence-corrected chi connectivity index (χ2v) is 5.25. The molecule has 1 aliphatic heterocycles. The molecule has 1 aliphatic rings. The Morgan fingerprint density at radius 3 is 2.78 bits per heavy atom. The molecule has 0 amide bonds. The molecular formula is C14H21NO3. The molecule has 0 saturated carbocycles. The molecule has 2 N–H and O–H groups in total. The second-order valence-electron chi connectivity index (χ2n) is 5.25. The number of hydrogen-bond donors (Lipinski definition) is 2. The Bertz CT molecular complexity index is 418. The molecule has 0 aliphatic carbocycles. The van der Waals surface area contributed by atoms with Gasteiger partial charge >= 0.3 is 0 Å². The first-order valence-corrected chi connectivity index (χ1v) is 6.34. The van der Waals surface area contributed by atoms with Crippen molar-refractivity contribution in [2.24, 2.45) is 0 Å². The van der Waals surface area contributed by atoms with Crippen molar-refractivity contribution < 1.29 is 14.6 Å². The number of ether oxygens (including phenoxy) is 2. The molecule has 0 fully saturated rings. The maximum atomic E-state index is 10.2. The van der Waals surface area contributed by atoms with Crippen LogP contribution in [0.3, 0.4) is 0 Å². The number of hydrogen-bond acceptors (Lipinski definition) is 4. The van der Waals surface area contributed by atoms with Crippen LogP contribution < -0.4 is 14.8 Å². The predicted octanol–water partition coefficient (Wildman–Crippen LogP) is 2.23. The van der Waals surface area contributed by atoms with Gasteiger partial charge in [-0.2, -0.15) is 0 Å². The Kier molecular flexibility index (Phi) is 3.78. The molecule has 0 radical (unpaired) electrons. The molecule has 0 spiro atoms. The standard InChI is InChI=1S/C14H21NO3/c1-4-14(2,3)15-8-11(16)10-5-6-12-13(7-10)18-9-17-12/h5-7,11,15-16H,4,8-9H2,1-3H3. The molecule has 1 aromatic rings. The van der Waals surface area contributed by atoms with Gasteiger partial charge < -0.3 is 19.9 Å². The summed E-state index contributed by atoms with van der Waals surface area (Å²) in [5.74, 6) is 1.45. The first-order chi connectivity index (χ1) is 8.52. The van der Waals surface area contributed by atoms with Gasteiger partial charge in [-0.3, -0.25) is 0 Å². The second kappa shape index (κ2) is 5.16. The molecule has 1 heterocycles. The van der Waals surface area contributed by atoms with Crippen LogP contribution in [-0.2, 0) is 0 Å². The summed E-state index contributed by atoms with van der Waals surface area (Å²) >= 11 is 0. The molecule has 18 heavy (non-hydrogen) atoms. The normalized spacial score (nSPS) is 15.8. The Labute approximate surface area is 108 Å². The summed E-state index contributed by atoms with van der Waals surface area (Å²) in [6, 6.07) is 5.55. The van der Waals surface area contributed by atoms with Crippen LogP contribution in [0.2, 0.25) is 0 Å². The quantitative estimate of drug-likeness (QED) is 0.842. The van der Waals surface area contributed by atoms with Crippen molar-refractivity contribution in [3.8, 4) is 11.5 Å². The molecule has 100 valence electrons. The molecular weight excluding hydrogens is 230 g/mol. The minimum absolute atomic E-state index is 0.0390. The number of β-amino-alcohol motifs (C(OH)–C–C–N with tert-alkyl or cyclic N) is 1. The molecule has 4 heteroatoms. The number of benzene rings is 1. The Balaban J connectivity index is 1.99. The van der Waals surface area contributed by atoms with Gasteiger partial charge in [-0.05, 0) is 38.0 Å². The van der Waals surface area contributed by atoms with Crippen LogP contribution in [-0.4, -0.2) is 24.0 Å². The molecule has 1 unspecified atom stereocenters. The van der Waals surface area contributed by atoms with E-state index in [0.29, 0.717) is 12.3 Å². The highest BCUT2D eigenvalue weighted by molar-refractivity contribution is 5.45. The van der Waals surface area contributed by atoms with Crippen LogP contribution >= 0.6 is 0 Å². The summed E-state index contributed by atoms with van der Waals surface area (Å²) < 4.78 is 10.5. The topological polar surface area (TPSA) is 50.7 Å². The van der Waals surface area contributed by atoms with E-state index in [4.69, 9.17) is 9.47 Å². The lowest BCUT2D eigenvalue weighted by molar-refractivity contribution is 0.159. The summed E-state index contributed by atoms with van der Waals surface area (Å²) in [4.78, 5) is 0. The largest absolute Gasteiger partial charge is 0.454 e. The fourth-order valence-corrected chi connectivity index (χ4v) is 1.74. The minimum Gasteiger partial charge on any atom is -0.454 e. The van der Waals surface area contributed by atoms with Crippen molar-refractivity contribution in [3.63, 3.8) is 0 Å². The van der Waals surface area contributed by atoms with Crippen molar-refractivity contribution in [2.45, 2.75) is 38.8 Å². The average molecular weight is 251 g/mol. The Morgan fingerprint density at radius 2 is 2.06 bits per heavy atom. The third-order valence-electron chi connectivity index (χ3n) is 3.44. The van der Waals surface area contributed by atoms with Crippen LogP contribution in [0.15, 0.2) is 18.2 Å². The maximum Gasteiger partial charge on any atom is 0.231 e. The van der Waals surface area contributed by atoms with Gasteiger partial charge in [-0.25, -0.2) is 0 Å². The fraction of sp³-hybridized carbons (Fsp3) is 0.571. The van der Waals surface area contributed by atoms with Crippen LogP contribution in [0, 0.1) is 0 Å². The van der Waals surface area contributed by atoms with Gasteiger partial charge in [-0.15, -0.1) is 0 Å². The highest BCUT2D eigenvalue weighted by Gasteiger charge is 2.19. The van der Waals surface area contributed by atoms with Gasteiger partial charge in [0.15, 0.2) is 11.5 Å². The van der Waals surface area contributed by atoms with Crippen LogP contribution in [0.5, 0.6) is 11.5 Å². The van der Waals surface area contributed by atoms with E-state index in [9.17, 15) is 5.11 Å². The smallest absolute Gasteiger partial charge is 0.231 e. The van der Waals surface area contributed by atoms with Crippen LogP contribution in [0.1, 0.15) is 38.9 Å². The van der Waals surface area contributed by atoms with Crippen molar-refractivity contribution in [1.82, 2.24) is 5.32 Å². The van der Waals surface area contributed by atoms with Crippen LogP contribution in [0.25, 0.3) is 0 Å². The molecule has 4 nitrogen and oxygen atoms in total. The Morgan fingerprint density at radius 1 is 1.33 bits per heavy atom. The number of fused-ring (bicyclic) bond motifs is 1. The third-order valence-corrected chi connectivity index (χ3v) is 3.44. The van der Waals surface area contributed by atoms with Crippen molar-refractivity contribution in [2.75, 3.05) is 13.3 Å². The van der Waals surface area contributed by atoms with Gasteiger partial charge in [0.05, 0.1) is 6.10 Å². The average Bonchev–Trinajstić information content (AvgIpc) is 2.83. The van der Waals surface area contributed by atoms with Gasteiger partial charge in [0, 0.05) is 12.1 Å². The summed E-state index contributed by atoms with van der Waals surface area (Å²) in [6.45, 7) is 7.16. The molecule has 1 aromatic carbocycles. The van der Waals surface area contributed by atoms with E-state index in [-0.39, 0.29) is 12.3 Å². The maximum absolute atomic E-state index is 10.2. The third kappa shape index (κ3) is 2.94. The molecule has 0 bridgehead atoms. The van der Waals surface area contributed by atoms with E-state index in [2.05, 4.69) is 26.1 Å². The number of aliphatic hydroxyl groups excluding tert-OH is 1. The SMILES string of the molecule is CCC(C)(C)NCC(O)c1ccc2c(c1)OCO2. The zero-order valence-corrected chi connectivity index (χ0v) is 11.2. The lowest BCUT2D eigenvalue weighted by atomic mass is 10.0.